The number of carboxylic acid groups (broad SMARTS) is 3. The molecule has 0 saturated carbocycles. The summed E-state index contributed by atoms with van der Waals surface area (Å²) in [6, 6.07) is 0. The van der Waals surface area contributed by atoms with Crippen LogP contribution in [0.3, 0.4) is 0 Å². The van der Waals surface area contributed by atoms with Crippen molar-refractivity contribution in [3.8, 4) is 0 Å². The molecule has 0 rings (SSSR count). The van der Waals surface area contributed by atoms with Gasteiger partial charge in [-0.25, -0.2) is 4.79 Å². The first-order valence-corrected chi connectivity index (χ1v) is 3.17. The number of carbonyl (C=O) groups is 3. The van der Waals surface area contributed by atoms with Gasteiger partial charge in [-0.05, 0) is 0 Å². The molecule has 0 bridgehead atoms. The van der Waals surface area contributed by atoms with E-state index < -0.39 is 36.4 Å². The summed E-state index contributed by atoms with van der Waals surface area (Å²) in [5, 5.41) is 33.8. The van der Waals surface area contributed by atoms with Gasteiger partial charge >= 0.3 is 17.9 Å². The molecular formula is C6H8CeLaO7. The van der Waals surface area contributed by atoms with Crippen LogP contribution < -0.4 is 0 Å². The Balaban J connectivity index is -0.000000720. The fourth-order valence-electron chi connectivity index (χ4n) is 0.714. The van der Waals surface area contributed by atoms with E-state index in [1.165, 1.54) is 0 Å². The van der Waals surface area contributed by atoms with E-state index in [4.69, 9.17) is 20.4 Å². The Morgan fingerprint density at radius 2 is 1.20 bits per heavy atom. The average Bonchev–Trinajstić information content (AvgIpc) is 1.82. The normalized spacial score (nSPS) is 9.40. The number of carboxylic acids is 3. The van der Waals surface area contributed by atoms with Gasteiger partial charge in [0.05, 0.1) is 12.8 Å². The maximum atomic E-state index is 10.3. The van der Waals surface area contributed by atoms with Gasteiger partial charge in [0, 0.05) is 77.3 Å². The molecule has 0 aromatic rings. The Labute approximate surface area is 146 Å². The van der Waals surface area contributed by atoms with Gasteiger partial charge < -0.3 is 20.4 Å². The van der Waals surface area contributed by atoms with Crippen molar-refractivity contribution in [3.05, 3.63) is 0 Å². The van der Waals surface area contributed by atoms with Gasteiger partial charge in [-0.3, -0.25) is 9.59 Å². The van der Waals surface area contributed by atoms with Crippen molar-refractivity contribution in [2.75, 3.05) is 0 Å². The van der Waals surface area contributed by atoms with Crippen molar-refractivity contribution in [3.63, 3.8) is 0 Å². The third-order valence-electron chi connectivity index (χ3n) is 1.29. The summed E-state index contributed by atoms with van der Waals surface area (Å²) in [7, 11) is 0. The molecule has 0 aliphatic heterocycles. The predicted molar refractivity (Wildman–Crippen MR) is 37.1 cm³/mol. The molecule has 1 radical (unpaired) electrons. The molecule has 0 heterocycles. The minimum atomic E-state index is -2.74. The summed E-state index contributed by atoms with van der Waals surface area (Å²) in [5.41, 5.74) is -2.74. The van der Waals surface area contributed by atoms with E-state index >= 15 is 0 Å². The van der Waals surface area contributed by atoms with Crippen LogP contribution in [0, 0.1) is 77.3 Å². The Morgan fingerprint density at radius 1 is 0.933 bits per heavy atom. The van der Waals surface area contributed by atoms with E-state index in [9.17, 15) is 14.4 Å². The molecule has 0 aliphatic carbocycles. The molecule has 7 nitrogen and oxygen atoms in total. The number of rotatable bonds is 5. The first kappa shape index (κ1) is 21.2. The van der Waals surface area contributed by atoms with Gasteiger partial charge in [0.1, 0.15) is 0 Å². The summed E-state index contributed by atoms with van der Waals surface area (Å²) >= 11 is 0. The SMILES string of the molecule is O=C(O)CC(O)(CC(=O)O)C(=O)O.[Ce].[La]. The summed E-state index contributed by atoms with van der Waals surface area (Å²) < 4.78 is 0. The molecule has 0 aliphatic rings. The van der Waals surface area contributed by atoms with Crippen LogP contribution in [0.15, 0.2) is 0 Å². The predicted octanol–water partition coefficient (Wildman–Crippen LogP) is -1.25. The van der Waals surface area contributed by atoms with Crippen LogP contribution in [0.25, 0.3) is 0 Å². The molecule has 4 N–H and O–H groups in total. The Hall–Kier alpha value is 0.941. The van der Waals surface area contributed by atoms with Crippen LogP contribution >= 0.6 is 0 Å². The number of aliphatic hydroxyl groups is 1. The third-order valence-corrected chi connectivity index (χ3v) is 1.29. The number of hydrogen-bond donors (Lipinski definition) is 4. The Bertz CT molecular complexity index is 238. The second kappa shape index (κ2) is 9.02. The molecule has 0 amide bonds. The minimum absolute atomic E-state index is 0. The zero-order valence-electron chi connectivity index (χ0n) is 7.51. The van der Waals surface area contributed by atoms with Crippen molar-refractivity contribution >= 4 is 17.9 Å². The standard InChI is InChI=1S/C6H8O7.Ce.La/c7-3(8)1-6(13,5(11)12)2-4(9)10;;/h13H,1-2H2,(H,7,8)(H,9,10)(H,11,12);;. The molecule has 0 fully saturated rings. The van der Waals surface area contributed by atoms with Gasteiger partial charge in [-0.1, -0.05) is 0 Å². The fraction of sp³-hybridized carbons (Fsp3) is 0.500. The zero-order valence-corrected chi connectivity index (χ0v) is 14.3. The fourth-order valence-corrected chi connectivity index (χ4v) is 0.714. The molecule has 0 saturated heterocycles. The van der Waals surface area contributed by atoms with Gasteiger partial charge in [-0.2, -0.15) is 0 Å². The summed E-state index contributed by atoms with van der Waals surface area (Å²) in [6.07, 6.45) is -2.29. The Morgan fingerprint density at radius 3 is 1.33 bits per heavy atom. The van der Waals surface area contributed by atoms with Crippen LogP contribution in [0.4, 0.5) is 0 Å². The second-order valence-corrected chi connectivity index (χ2v) is 2.48. The van der Waals surface area contributed by atoms with Gasteiger partial charge in [0.25, 0.3) is 0 Å². The average molecular weight is 471 g/mol. The van der Waals surface area contributed by atoms with E-state index in [0.29, 0.717) is 0 Å². The van der Waals surface area contributed by atoms with Gasteiger partial charge in [-0.15, -0.1) is 0 Å². The van der Waals surface area contributed by atoms with E-state index in [1.54, 1.807) is 0 Å². The van der Waals surface area contributed by atoms with Crippen LogP contribution in [0.5, 0.6) is 0 Å². The smallest absolute Gasteiger partial charge is 0.336 e. The first-order chi connectivity index (χ1) is 5.78. The van der Waals surface area contributed by atoms with Gasteiger partial charge in [0.2, 0.25) is 0 Å². The van der Waals surface area contributed by atoms with Crippen LogP contribution in [-0.2, 0) is 14.4 Å². The first-order valence-electron chi connectivity index (χ1n) is 3.17. The number of aliphatic carboxylic acids is 3. The third kappa shape index (κ3) is 8.72. The minimum Gasteiger partial charge on any atom is -0.481 e. The van der Waals surface area contributed by atoms with E-state index in [2.05, 4.69) is 0 Å². The molecular weight excluding hydrogens is 463 g/mol. The zero-order chi connectivity index (χ0) is 10.6. The molecule has 9 heteroatoms. The summed E-state index contributed by atoms with van der Waals surface area (Å²) in [4.78, 5) is 30.5. The van der Waals surface area contributed by atoms with Crippen LogP contribution in [0.1, 0.15) is 12.8 Å². The summed E-state index contributed by atoms with van der Waals surface area (Å²) in [6.45, 7) is 0. The van der Waals surface area contributed by atoms with Crippen molar-refractivity contribution in [1.82, 2.24) is 0 Å². The van der Waals surface area contributed by atoms with Crippen molar-refractivity contribution in [1.29, 1.82) is 0 Å². The van der Waals surface area contributed by atoms with Crippen molar-refractivity contribution in [2.24, 2.45) is 0 Å². The maximum absolute atomic E-state index is 10.3. The van der Waals surface area contributed by atoms with Crippen molar-refractivity contribution < 1.29 is 112 Å². The van der Waals surface area contributed by atoms with E-state index in [-0.39, 0.29) is 77.3 Å². The molecule has 0 unspecified atom stereocenters. The quantitative estimate of drug-likeness (QED) is 0.394. The van der Waals surface area contributed by atoms with Crippen LogP contribution in [-0.4, -0.2) is 43.9 Å². The van der Waals surface area contributed by atoms with E-state index in [0.717, 1.165) is 0 Å². The molecule has 0 aromatic heterocycles. The monoisotopic (exact) mass is 471 g/mol. The van der Waals surface area contributed by atoms with Crippen molar-refractivity contribution in [2.45, 2.75) is 18.4 Å². The molecule has 15 heavy (non-hydrogen) atoms. The van der Waals surface area contributed by atoms with Gasteiger partial charge in [0.15, 0.2) is 5.60 Å². The van der Waals surface area contributed by atoms with E-state index in [1.807, 2.05) is 0 Å². The maximum Gasteiger partial charge on any atom is 0.336 e. The largest absolute Gasteiger partial charge is 0.481 e. The second-order valence-electron chi connectivity index (χ2n) is 2.48. The molecule has 0 atom stereocenters. The summed E-state index contributed by atoms with van der Waals surface area (Å²) in [5.74, 6) is -5.02. The Kier molecular flexibility index (Phi) is 12.8. The van der Waals surface area contributed by atoms with Crippen LogP contribution in [0.2, 0.25) is 0 Å². The number of hydrogen-bond acceptors (Lipinski definition) is 4. The molecule has 0 aromatic carbocycles. The topological polar surface area (TPSA) is 132 Å². The molecule has 81 valence electrons. The molecule has 0 spiro atoms.